The zero-order valence-corrected chi connectivity index (χ0v) is 14.4. The molecule has 0 aromatic heterocycles. The van der Waals surface area contributed by atoms with E-state index in [4.69, 9.17) is 20.6 Å². The zero-order chi connectivity index (χ0) is 15.2. The Labute approximate surface area is 126 Å². The van der Waals surface area contributed by atoms with E-state index in [1.807, 2.05) is 24.7 Å². The number of carbonyl (C=O) groups excluding carboxylic acids is 1. The lowest BCUT2D eigenvalue weighted by Crippen LogP contribution is -2.34. The average Bonchev–Trinajstić information content (AvgIpc) is 2.34. The minimum Gasteiger partial charge on any atom is -0.436 e. The number of hydrogen-bond donors (Lipinski definition) is 0. The first-order valence-corrected chi connectivity index (χ1v) is 10.7. The van der Waals surface area contributed by atoms with E-state index < -0.39 is 19.1 Å². The van der Waals surface area contributed by atoms with Crippen LogP contribution >= 0.6 is 11.1 Å². The maximum absolute atomic E-state index is 11.5. The van der Waals surface area contributed by atoms with Crippen molar-refractivity contribution in [3.05, 3.63) is 35.9 Å². The van der Waals surface area contributed by atoms with Gasteiger partial charge in [0.1, 0.15) is 11.8 Å². The molecule has 0 N–H and O–H groups in total. The van der Waals surface area contributed by atoms with Crippen LogP contribution in [0.15, 0.2) is 30.3 Å². The molecule has 0 aliphatic heterocycles. The van der Waals surface area contributed by atoms with Gasteiger partial charge in [0.05, 0.1) is 0 Å². The standard InChI is InChI=1S/C15H23ClO3Si/c1-15(2,3)19-14(17)18-12-20(4,16)11-10-13-8-6-5-7-9-13/h5-9H,10-12H2,1-4H3. The molecule has 1 aromatic rings. The molecule has 0 saturated heterocycles. The van der Waals surface area contributed by atoms with Crippen LogP contribution in [-0.4, -0.2) is 25.4 Å². The van der Waals surface area contributed by atoms with Crippen molar-refractivity contribution in [1.29, 1.82) is 0 Å². The van der Waals surface area contributed by atoms with Crippen LogP contribution in [0, 0.1) is 0 Å². The molecule has 1 aromatic carbocycles. The van der Waals surface area contributed by atoms with E-state index >= 15 is 0 Å². The molecule has 0 radical (unpaired) electrons. The third-order valence-corrected chi connectivity index (χ3v) is 5.59. The Bertz CT molecular complexity index is 426. The van der Waals surface area contributed by atoms with Crippen molar-refractivity contribution in [1.82, 2.24) is 0 Å². The molecule has 0 bridgehead atoms. The molecule has 20 heavy (non-hydrogen) atoms. The van der Waals surface area contributed by atoms with Gasteiger partial charge in [-0.15, -0.1) is 0 Å². The van der Waals surface area contributed by atoms with Crippen molar-refractivity contribution in [2.45, 2.75) is 45.4 Å². The van der Waals surface area contributed by atoms with Gasteiger partial charge in [0.15, 0.2) is 7.38 Å². The largest absolute Gasteiger partial charge is 0.508 e. The highest BCUT2D eigenvalue weighted by atomic mass is 35.6. The van der Waals surface area contributed by atoms with Gasteiger partial charge in [0, 0.05) is 0 Å². The molecule has 0 aliphatic rings. The maximum atomic E-state index is 11.5. The van der Waals surface area contributed by atoms with Crippen LogP contribution in [0.2, 0.25) is 12.6 Å². The van der Waals surface area contributed by atoms with E-state index in [2.05, 4.69) is 12.1 Å². The van der Waals surface area contributed by atoms with E-state index in [1.165, 1.54) is 5.56 Å². The van der Waals surface area contributed by atoms with Crippen LogP contribution in [-0.2, 0) is 15.9 Å². The molecule has 1 atom stereocenters. The first kappa shape index (κ1) is 17.0. The third kappa shape index (κ3) is 7.55. The van der Waals surface area contributed by atoms with Crippen molar-refractivity contribution >= 4 is 24.6 Å². The fourth-order valence-electron chi connectivity index (χ4n) is 1.61. The average molecular weight is 315 g/mol. The Hall–Kier alpha value is -1.00. The van der Waals surface area contributed by atoms with Crippen molar-refractivity contribution in [3.8, 4) is 0 Å². The van der Waals surface area contributed by atoms with Gasteiger partial charge in [0.25, 0.3) is 0 Å². The van der Waals surface area contributed by atoms with Gasteiger partial charge in [-0.05, 0) is 38.8 Å². The first-order valence-electron chi connectivity index (χ1n) is 6.77. The Morgan fingerprint density at radius 1 is 1.25 bits per heavy atom. The summed E-state index contributed by atoms with van der Waals surface area (Å²) in [5.41, 5.74) is 0.718. The van der Waals surface area contributed by atoms with Crippen LogP contribution in [0.4, 0.5) is 4.79 Å². The highest BCUT2D eigenvalue weighted by molar-refractivity contribution is 7.19. The molecule has 3 nitrogen and oxygen atoms in total. The SMILES string of the molecule is CC(C)(C)OC(=O)OC[Si](C)(Cl)CCc1ccccc1. The van der Waals surface area contributed by atoms with Crippen molar-refractivity contribution < 1.29 is 14.3 Å². The van der Waals surface area contributed by atoms with Gasteiger partial charge in [-0.2, -0.15) is 11.1 Å². The second kappa shape index (κ2) is 7.13. The summed E-state index contributed by atoms with van der Waals surface area (Å²) in [5, 5.41) is 0. The van der Waals surface area contributed by atoms with Gasteiger partial charge >= 0.3 is 6.16 Å². The van der Waals surface area contributed by atoms with Gasteiger partial charge in [-0.3, -0.25) is 0 Å². The molecule has 0 saturated carbocycles. The summed E-state index contributed by atoms with van der Waals surface area (Å²) in [5.74, 6) is 0. The first-order chi connectivity index (χ1) is 9.18. The Morgan fingerprint density at radius 2 is 1.85 bits per heavy atom. The molecule has 1 unspecified atom stereocenters. The summed E-state index contributed by atoms with van der Waals surface area (Å²) in [4.78, 5) is 11.5. The van der Waals surface area contributed by atoms with E-state index in [1.54, 1.807) is 20.8 Å². The van der Waals surface area contributed by atoms with Gasteiger partial charge in [0.2, 0.25) is 0 Å². The molecule has 0 fully saturated rings. The van der Waals surface area contributed by atoms with E-state index in [9.17, 15) is 4.79 Å². The second-order valence-electron chi connectivity index (χ2n) is 6.15. The predicted octanol–water partition coefficient (Wildman–Crippen LogP) is 4.53. The summed E-state index contributed by atoms with van der Waals surface area (Å²) in [7, 11) is -2.08. The number of benzene rings is 1. The highest BCUT2D eigenvalue weighted by Gasteiger charge is 2.28. The lowest BCUT2D eigenvalue weighted by Gasteiger charge is -2.22. The number of hydrogen-bond acceptors (Lipinski definition) is 3. The summed E-state index contributed by atoms with van der Waals surface area (Å²) >= 11 is 6.51. The lowest BCUT2D eigenvalue weighted by molar-refractivity contribution is -0.000520. The molecular formula is C15H23ClO3Si. The van der Waals surface area contributed by atoms with E-state index in [-0.39, 0.29) is 6.23 Å². The van der Waals surface area contributed by atoms with Crippen molar-refractivity contribution in [2.24, 2.45) is 0 Å². The van der Waals surface area contributed by atoms with Crippen LogP contribution in [0.5, 0.6) is 0 Å². The van der Waals surface area contributed by atoms with Crippen LogP contribution in [0.3, 0.4) is 0 Å². The zero-order valence-electron chi connectivity index (χ0n) is 12.6. The molecule has 112 valence electrons. The van der Waals surface area contributed by atoms with Crippen LogP contribution in [0.1, 0.15) is 26.3 Å². The van der Waals surface area contributed by atoms with Gasteiger partial charge in [-0.25, -0.2) is 4.79 Å². The minimum absolute atomic E-state index is 0.274. The summed E-state index contributed by atoms with van der Waals surface area (Å²) in [6.45, 7) is 7.42. The quantitative estimate of drug-likeness (QED) is 0.455. The van der Waals surface area contributed by atoms with E-state index in [0.717, 1.165) is 12.5 Å². The predicted molar refractivity (Wildman–Crippen MR) is 84.6 cm³/mol. The minimum atomic E-state index is -2.08. The highest BCUT2D eigenvalue weighted by Crippen LogP contribution is 2.19. The fourth-order valence-corrected chi connectivity index (χ4v) is 3.43. The van der Waals surface area contributed by atoms with Gasteiger partial charge in [-0.1, -0.05) is 36.9 Å². The number of aryl methyl sites for hydroxylation is 1. The lowest BCUT2D eigenvalue weighted by atomic mass is 10.2. The molecule has 0 spiro atoms. The van der Waals surface area contributed by atoms with Crippen LogP contribution in [0.25, 0.3) is 0 Å². The molecular weight excluding hydrogens is 292 g/mol. The summed E-state index contributed by atoms with van der Waals surface area (Å²) < 4.78 is 10.2. The van der Waals surface area contributed by atoms with Crippen molar-refractivity contribution in [3.63, 3.8) is 0 Å². The second-order valence-corrected chi connectivity index (χ2v) is 12.5. The summed E-state index contributed by atoms with van der Waals surface area (Å²) in [6, 6.07) is 11.0. The topological polar surface area (TPSA) is 35.5 Å². The number of halogens is 1. The fraction of sp³-hybridized carbons (Fsp3) is 0.533. The smallest absolute Gasteiger partial charge is 0.436 e. The van der Waals surface area contributed by atoms with E-state index in [0.29, 0.717) is 0 Å². The number of rotatable bonds is 5. The Balaban J connectivity index is 2.36. The third-order valence-electron chi connectivity index (χ3n) is 2.66. The Kier molecular flexibility index (Phi) is 6.08. The molecule has 0 amide bonds. The normalized spacial score (nSPS) is 14.4. The maximum Gasteiger partial charge on any atom is 0.508 e. The number of carbonyl (C=O) groups is 1. The molecule has 1 rings (SSSR count). The monoisotopic (exact) mass is 314 g/mol. The Morgan fingerprint density at radius 3 is 2.40 bits per heavy atom. The number of ether oxygens (including phenoxy) is 2. The van der Waals surface area contributed by atoms with Gasteiger partial charge < -0.3 is 9.47 Å². The molecule has 0 aliphatic carbocycles. The molecule has 0 heterocycles. The van der Waals surface area contributed by atoms with Crippen molar-refractivity contribution in [2.75, 3.05) is 6.23 Å². The van der Waals surface area contributed by atoms with Crippen LogP contribution < -0.4 is 0 Å². The molecule has 5 heteroatoms. The summed E-state index contributed by atoms with van der Waals surface area (Å²) in [6.07, 6.45) is 0.540.